The second-order valence-corrected chi connectivity index (χ2v) is 12.1. The van der Waals surface area contributed by atoms with E-state index in [9.17, 15) is 0 Å². The van der Waals surface area contributed by atoms with Crippen molar-refractivity contribution < 1.29 is 4.74 Å². The first-order valence-corrected chi connectivity index (χ1v) is 15.5. The SMILES string of the molecule is c1ccc(C2Nc3ccc4ccc5ccc(-c6ccc(-c7ccc8c9c(cccc79)-c7ccccc7-8)cc6)cc5c4c3O2)cc1. The van der Waals surface area contributed by atoms with Gasteiger partial charge in [0.1, 0.15) is 0 Å². The summed E-state index contributed by atoms with van der Waals surface area (Å²) in [6.07, 6.45) is -0.196. The smallest absolute Gasteiger partial charge is 0.196 e. The van der Waals surface area contributed by atoms with Gasteiger partial charge >= 0.3 is 0 Å². The third kappa shape index (κ3) is 3.63. The van der Waals surface area contributed by atoms with Gasteiger partial charge in [-0.15, -0.1) is 0 Å². The maximum atomic E-state index is 6.59. The number of hydrogen-bond acceptors (Lipinski definition) is 2. The van der Waals surface area contributed by atoms with Gasteiger partial charge in [0.25, 0.3) is 0 Å². The number of fused-ring (bicyclic) bond motifs is 8. The quantitative estimate of drug-likeness (QED) is 0.212. The molecule has 0 amide bonds. The minimum Gasteiger partial charge on any atom is -0.464 e. The molecule has 2 aliphatic rings. The molecule has 2 heteroatoms. The fourth-order valence-corrected chi connectivity index (χ4v) is 7.50. The van der Waals surface area contributed by atoms with Crippen molar-refractivity contribution in [3.63, 3.8) is 0 Å². The van der Waals surface area contributed by atoms with Crippen molar-refractivity contribution >= 4 is 38.0 Å². The Balaban J connectivity index is 1.05. The average Bonchev–Trinajstić information content (AvgIpc) is 3.69. The summed E-state index contributed by atoms with van der Waals surface area (Å²) in [5.74, 6) is 0.925. The highest BCUT2D eigenvalue weighted by molar-refractivity contribution is 6.19. The van der Waals surface area contributed by atoms with Crippen molar-refractivity contribution in [3.8, 4) is 50.3 Å². The third-order valence-electron chi connectivity index (χ3n) is 9.66. The first kappa shape index (κ1) is 24.6. The van der Waals surface area contributed by atoms with E-state index in [1.807, 2.05) is 6.07 Å². The molecule has 1 heterocycles. The molecule has 8 aromatic carbocycles. The maximum absolute atomic E-state index is 6.59. The fourth-order valence-electron chi connectivity index (χ4n) is 7.50. The van der Waals surface area contributed by atoms with Gasteiger partial charge in [-0.25, -0.2) is 0 Å². The Kier molecular flexibility index (Phi) is 5.09. The zero-order chi connectivity index (χ0) is 29.5. The molecular formula is C43H27NO. The Hall–Kier alpha value is -5.86. The lowest BCUT2D eigenvalue weighted by Crippen LogP contribution is -2.09. The molecule has 0 aromatic heterocycles. The van der Waals surface area contributed by atoms with Gasteiger partial charge in [-0.1, -0.05) is 140 Å². The van der Waals surface area contributed by atoms with Crippen molar-refractivity contribution in [1.82, 2.24) is 0 Å². The van der Waals surface area contributed by atoms with Gasteiger partial charge in [0.15, 0.2) is 12.0 Å². The molecule has 10 rings (SSSR count). The Bertz CT molecular complexity index is 2450. The minimum absolute atomic E-state index is 0.196. The van der Waals surface area contributed by atoms with Crippen LogP contribution in [0.2, 0.25) is 0 Å². The summed E-state index contributed by atoms with van der Waals surface area (Å²) < 4.78 is 6.59. The summed E-state index contributed by atoms with van der Waals surface area (Å²) >= 11 is 0. The lowest BCUT2D eigenvalue weighted by atomic mass is 9.92. The van der Waals surface area contributed by atoms with Crippen LogP contribution in [0.3, 0.4) is 0 Å². The summed E-state index contributed by atoms with van der Waals surface area (Å²) in [5.41, 5.74) is 12.4. The monoisotopic (exact) mass is 573 g/mol. The van der Waals surface area contributed by atoms with Crippen LogP contribution in [0, 0.1) is 0 Å². The van der Waals surface area contributed by atoms with Crippen LogP contribution in [-0.4, -0.2) is 0 Å². The van der Waals surface area contributed by atoms with Crippen molar-refractivity contribution in [3.05, 3.63) is 157 Å². The summed E-state index contributed by atoms with van der Waals surface area (Å²) in [4.78, 5) is 0. The average molecular weight is 574 g/mol. The van der Waals surface area contributed by atoms with Crippen molar-refractivity contribution in [1.29, 1.82) is 0 Å². The van der Waals surface area contributed by atoms with E-state index in [4.69, 9.17) is 4.74 Å². The molecule has 1 unspecified atom stereocenters. The van der Waals surface area contributed by atoms with E-state index in [0.29, 0.717) is 0 Å². The number of hydrogen-bond donors (Lipinski definition) is 1. The van der Waals surface area contributed by atoms with Crippen LogP contribution < -0.4 is 10.1 Å². The Labute approximate surface area is 261 Å². The predicted octanol–water partition coefficient (Wildman–Crippen LogP) is 11.6. The summed E-state index contributed by atoms with van der Waals surface area (Å²) in [7, 11) is 0. The zero-order valence-corrected chi connectivity index (χ0v) is 24.4. The highest BCUT2D eigenvalue weighted by Crippen LogP contribution is 2.49. The molecule has 0 fully saturated rings. The Morgan fingerprint density at radius 2 is 1.07 bits per heavy atom. The summed E-state index contributed by atoms with van der Waals surface area (Å²) in [5, 5.41) is 11.0. The van der Waals surface area contributed by atoms with Gasteiger partial charge in [-0.2, -0.15) is 0 Å². The number of anilines is 1. The molecule has 0 bridgehead atoms. The highest BCUT2D eigenvalue weighted by atomic mass is 16.5. The molecule has 45 heavy (non-hydrogen) atoms. The maximum Gasteiger partial charge on any atom is 0.196 e. The van der Waals surface area contributed by atoms with Crippen LogP contribution in [0.1, 0.15) is 11.8 Å². The van der Waals surface area contributed by atoms with E-state index in [2.05, 4.69) is 151 Å². The number of nitrogens with one attached hydrogen (secondary N) is 1. The van der Waals surface area contributed by atoms with Gasteiger partial charge in [0.2, 0.25) is 0 Å². The second kappa shape index (κ2) is 9.32. The molecule has 2 nitrogen and oxygen atoms in total. The van der Waals surface area contributed by atoms with Gasteiger partial charge in [0.05, 0.1) is 5.69 Å². The van der Waals surface area contributed by atoms with E-state index >= 15 is 0 Å². The van der Waals surface area contributed by atoms with Crippen LogP contribution in [0.5, 0.6) is 5.75 Å². The zero-order valence-electron chi connectivity index (χ0n) is 24.4. The standard InChI is InChI=1S/C43H27NO/c1-2-7-30(8-3-1)43-44-39-24-21-29-19-17-28-18-20-31(25-38(28)40(29)42(39)45-43)26-13-15-27(16-14-26)32-22-23-37-34-10-5-4-9-33(34)36-12-6-11-35(32)41(36)37/h1-25,43-44H. The largest absolute Gasteiger partial charge is 0.464 e. The lowest BCUT2D eigenvalue weighted by Gasteiger charge is -2.13. The van der Waals surface area contributed by atoms with Gasteiger partial charge in [-0.05, 0) is 83.6 Å². The second-order valence-electron chi connectivity index (χ2n) is 12.1. The predicted molar refractivity (Wildman–Crippen MR) is 188 cm³/mol. The Morgan fingerprint density at radius 3 is 1.91 bits per heavy atom. The van der Waals surface area contributed by atoms with E-state index < -0.39 is 0 Å². The fraction of sp³-hybridized carbons (Fsp3) is 0.0233. The van der Waals surface area contributed by atoms with Crippen molar-refractivity contribution in [2.45, 2.75) is 6.23 Å². The molecule has 210 valence electrons. The molecule has 1 aliphatic carbocycles. The van der Waals surface area contributed by atoms with E-state index in [1.165, 1.54) is 71.4 Å². The van der Waals surface area contributed by atoms with E-state index in [1.54, 1.807) is 0 Å². The highest BCUT2D eigenvalue weighted by Gasteiger charge is 2.26. The number of ether oxygens (including phenoxy) is 1. The molecular weight excluding hydrogens is 546 g/mol. The summed E-state index contributed by atoms with van der Waals surface area (Å²) in [6.45, 7) is 0. The van der Waals surface area contributed by atoms with Crippen LogP contribution >= 0.6 is 0 Å². The number of benzene rings is 8. The molecule has 1 atom stereocenters. The molecule has 1 aliphatic heterocycles. The first-order chi connectivity index (χ1) is 22.3. The molecule has 1 N–H and O–H groups in total. The molecule has 8 aromatic rings. The van der Waals surface area contributed by atoms with E-state index in [-0.39, 0.29) is 6.23 Å². The normalized spacial score (nSPS) is 14.4. The van der Waals surface area contributed by atoms with Crippen LogP contribution in [0.25, 0.3) is 76.8 Å². The van der Waals surface area contributed by atoms with Crippen molar-refractivity contribution in [2.24, 2.45) is 0 Å². The van der Waals surface area contributed by atoms with Crippen LogP contribution in [-0.2, 0) is 0 Å². The van der Waals surface area contributed by atoms with Gasteiger partial charge in [-0.3, -0.25) is 0 Å². The van der Waals surface area contributed by atoms with Crippen LogP contribution in [0.4, 0.5) is 5.69 Å². The molecule has 0 saturated heterocycles. The minimum atomic E-state index is -0.196. The number of rotatable bonds is 3. The van der Waals surface area contributed by atoms with Gasteiger partial charge in [0, 0.05) is 10.9 Å². The molecule has 0 radical (unpaired) electrons. The summed E-state index contributed by atoms with van der Waals surface area (Å²) in [6, 6.07) is 55.0. The lowest BCUT2D eigenvalue weighted by molar-refractivity contribution is 0.263. The van der Waals surface area contributed by atoms with E-state index in [0.717, 1.165) is 22.4 Å². The van der Waals surface area contributed by atoms with Crippen LogP contribution in [0.15, 0.2) is 152 Å². The first-order valence-electron chi connectivity index (χ1n) is 15.5. The third-order valence-corrected chi connectivity index (χ3v) is 9.66. The topological polar surface area (TPSA) is 21.3 Å². The molecule has 0 spiro atoms. The molecule has 0 saturated carbocycles. The Morgan fingerprint density at radius 1 is 0.422 bits per heavy atom. The van der Waals surface area contributed by atoms with Crippen molar-refractivity contribution in [2.75, 3.05) is 5.32 Å². The van der Waals surface area contributed by atoms with Gasteiger partial charge < -0.3 is 10.1 Å².